The summed E-state index contributed by atoms with van der Waals surface area (Å²) in [7, 11) is 0. The molecular formula is C54H39B. The monoisotopic (exact) mass is 698 g/mol. The third kappa shape index (κ3) is 7.47. The van der Waals surface area contributed by atoms with Gasteiger partial charge in [0.05, 0.1) is 0 Å². The Morgan fingerprint density at radius 2 is 0.327 bits per heavy atom. The highest BCUT2D eigenvalue weighted by molar-refractivity contribution is 6.95. The second-order valence-electron chi connectivity index (χ2n) is 14.2. The van der Waals surface area contributed by atoms with E-state index in [9.17, 15) is 0 Å². The van der Waals surface area contributed by atoms with E-state index in [1.807, 2.05) is 0 Å². The lowest BCUT2D eigenvalue weighted by Gasteiger charge is -2.22. The minimum atomic E-state index is -0.0941. The molecule has 0 aliphatic rings. The van der Waals surface area contributed by atoms with Crippen LogP contribution in [0.2, 0.25) is 0 Å². The van der Waals surface area contributed by atoms with Crippen LogP contribution in [-0.2, 0) is 0 Å². The summed E-state index contributed by atoms with van der Waals surface area (Å²) in [6.45, 7) is -0.0941. The quantitative estimate of drug-likeness (QED) is 0.132. The van der Waals surface area contributed by atoms with E-state index in [1.165, 1.54) is 83.1 Å². The Morgan fingerprint density at radius 3 is 0.491 bits per heavy atom. The fraction of sp³-hybridized carbons (Fsp3) is 0. The van der Waals surface area contributed by atoms with E-state index in [2.05, 4.69) is 237 Å². The van der Waals surface area contributed by atoms with Crippen molar-refractivity contribution in [1.29, 1.82) is 0 Å². The molecular weight excluding hydrogens is 659 g/mol. The van der Waals surface area contributed by atoms with Gasteiger partial charge in [-0.3, -0.25) is 0 Å². The molecule has 0 aliphatic carbocycles. The smallest absolute Gasteiger partial charge is 0.0674 e. The molecule has 0 saturated carbocycles. The normalized spacial score (nSPS) is 10.9. The van der Waals surface area contributed by atoms with Gasteiger partial charge in [0.15, 0.2) is 0 Å². The third-order valence-corrected chi connectivity index (χ3v) is 10.5. The van der Waals surface area contributed by atoms with Crippen LogP contribution in [0.15, 0.2) is 237 Å². The molecule has 0 bridgehead atoms. The van der Waals surface area contributed by atoms with Crippen LogP contribution >= 0.6 is 0 Å². The standard InChI is InChI=1S/C54H39B/c1-7-19-40(20-8-1)46-31-47(41-21-9-2-10-22-41)35-52(34-46)55(53-36-48(42-23-11-3-12-24-42)32-49(37-53)43-25-13-4-14-26-43)54-38-50(44-27-15-5-16-28-44)33-51(39-54)45-29-17-6-18-30-45/h1-39H. The number of benzene rings is 9. The van der Waals surface area contributed by atoms with Gasteiger partial charge in [0.2, 0.25) is 6.71 Å². The second kappa shape index (κ2) is 15.6. The largest absolute Gasteiger partial charge is 0.241 e. The van der Waals surface area contributed by atoms with Crippen LogP contribution in [0.3, 0.4) is 0 Å². The predicted octanol–water partition coefficient (Wildman–Crippen LogP) is 12.2. The average molecular weight is 699 g/mol. The van der Waals surface area contributed by atoms with Crippen molar-refractivity contribution < 1.29 is 0 Å². The van der Waals surface area contributed by atoms with Crippen molar-refractivity contribution in [3.63, 3.8) is 0 Å². The molecule has 0 amide bonds. The van der Waals surface area contributed by atoms with Crippen LogP contribution in [0.5, 0.6) is 0 Å². The first-order valence-electron chi connectivity index (χ1n) is 19.0. The molecule has 1 heteroatoms. The van der Waals surface area contributed by atoms with Gasteiger partial charge in [0.1, 0.15) is 0 Å². The molecule has 258 valence electrons. The number of hydrogen-bond donors (Lipinski definition) is 0. The van der Waals surface area contributed by atoms with Crippen molar-refractivity contribution in [3.05, 3.63) is 237 Å². The summed E-state index contributed by atoms with van der Waals surface area (Å²) in [5.41, 5.74) is 18.1. The first-order valence-corrected chi connectivity index (χ1v) is 19.0. The highest BCUT2D eigenvalue weighted by Gasteiger charge is 2.26. The third-order valence-electron chi connectivity index (χ3n) is 10.5. The highest BCUT2D eigenvalue weighted by Crippen LogP contribution is 2.30. The lowest BCUT2D eigenvalue weighted by atomic mass is 9.36. The molecule has 0 fully saturated rings. The van der Waals surface area contributed by atoms with Gasteiger partial charge >= 0.3 is 0 Å². The molecule has 9 aromatic carbocycles. The van der Waals surface area contributed by atoms with Gasteiger partial charge in [-0.25, -0.2) is 0 Å². The van der Waals surface area contributed by atoms with Gasteiger partial charge in [0.25, 0.3) is 0 Å². The first kappa shape index (κ1) is 33.9. The van der Waals surface area contributed by atoms with Gasteiger partial charge < -0.3 is 0 Å². The topological polar surface area (TPSA) is 0 Å². The molecule has 0 unspecified atom stereocenters. The van der Waals surface area contributed by atoms with Crippen LogP contribution < -0.4 is 16.4 Å². The van der Waals surface area contributed by atoms with E-state index >= 15 is 0 Å². The molecule has 55 heavy (non-hydrogen) atoms. The Kier molecular flexibility index (Phi) is 9.58. The lowest BCUT2D eigenvalue weighted by Crippen LogP contribution is -2.52. The van der Waals surface area contributed by atoms with Crippen LogP contribution in [-0.4, -0.2) is 6.71 Å². The van der Waals surface area contributed by atoms with Crippen LogP contribution in [0, 0.1) is 0 Å². The average Bonchev–Trinajstić information content (AvgIpc) is 3.28. The minimum Gasteiger partial charge on any atom is -0.0674 e. The van der Waals surface area contributed by atoms with Gasteiger partial charge in [-0.15, -0.1) is 0 Å². The summed E-state index contributed by atoms with van der Waals surface area (Å²) < 4.78 is 0. The van der Waals surface area contributed by atoms with Crippen molar-refractivity contribution in [1.82, 2.24) is 0 Å². The first-order chi connectivity index (χ1) is 27.2. The summed E-state index contributed by atoms with van der Waals surface area (Å²) in [5, 5.41) is 0. The van der Waals surface area contributed by atoms with Gasteiger partial charge in [-0.1, -0.05) is 235 Å². The van der Waals surface area contributed by atoms with Gasteiger partial charge in [-0.05, 0) is 85.0 Å². The molecule has 0 aliphatic heterocycles. The molecule has 0 N–H and O–H groups in total. The summed E-state index contributed by atoms with van der Waals surface area (Å²) in [4.78, 5) is 0. The zero-order valence-corrected chi connectivity index (χ0v) is 30.6. The summed E-state index contributed by atoms with van der Waals surface area (Å²) in [6, 6.07) is 86.3. The Morgan fingerprint density at radius 1 is 0.164 bits per heavy atom. The summed E-state index contributed by atoms with van der Waals surface area (Å²) in [6.07, 6.45) is 0. The molecule has 0 radical (unpaired) electrons. The number of hydrogen-bond acceptors (Lipinski definition) is 0. The molecule has 9 aromatic rings. The second-order valence-corrected chi connectivity index (χ2v) is 14.2. The molecule has 0 heterocycles. The molecule has 0 spiro atoms. The fourth-order valence-electron chi connectivity index (χ4n) is 7.82. The van der Waals surface area contributed by atoms with Crippen LogP contribution in [0.1, 0.15) is 0 Å². The van der Waals surface area contributed by atoms with Gasteiger partial charge in [-0.2, -0.15) is 0 Å². The van der Waals surface area contributed by atoms with Crippen molar-refractivity contribution in [2.45, 2.75) is 0 Å². The van der Waals surface area contributed by atoms with Crippen LogP contribution in [0.25, 0.3) is 66.8 Å². The molecule has 9 rings (SSSR count). The Labute approximate surface area is 325 Å². The maximum Gasteiger partial charge on any atom is 0.241 e. The molecule has 0 nitrogen and oxygen atoms in total. The van der Waals surface area contributed by atoms with E-state index in [1.54, 1.807) is 0 Å². The fourth-order valence-corrected chi connectivity index (χ4v) is 7.82. The van der Waals surface area contributed by atoms with E-state index in [0.29, 0.717) is 0 Å². The van der Waals surface area contributed by atoms with Crippen molar-refractivity contribution in [3.8, 4) is 66.8 Å². The van der Waals surface area contributed by atoms with Gasteiger partial charge in [0, 0.05) is 0 Å². The summed E-state index contributed by atoms with van der Waals surface area (Å²) >= 11 is 0. The maximum absolute atomic E-state index is 2.42. The molecule has 0 saturated heterocycles. The molecule has 0 atom stereocenters. The lowest BCUT2D eigenvalue weighted by molar-refractivity contribution is 1.59. The van der Waals surface area contributed by atoms with Crippen molar-refractivity contribution in [2.75, 3.05) is 0 Å². The predicted molar refractivity (Wildman–Crippen MR) is 237 cm³/mol. The SMILES string of the molecule is c1ccc(-c2cc(B(c3cc(-c4ccccc4)cc(-c4ccccc4)c3)c3cc(-c4ccccc4)cc(-c4ccccc4)c3)cc(-c3ccccc3)c2)cc1. The number of rotatable bonds is 9. The van der Waals surface area contributed by atoms with Crippen molar-refractivity contribution in [2.24, 2.45) is 0 Å². The van der Waals surface area contributed by atoms with E-state index in [-0.39, 0.29) is 6.71 Å². The Balaban J connectivity index is 1.36. The summed E-state index contributed by atoms with van der Waals surface area (Å²) in [5.74, 6) is 0. The minimum absolute atomic E-state index is 0.0941. The zero-order chi connectivity index (χ0) is 36.8. The van der Waals surface area contributed by atoms with Crippen LogP contribution in [0.4, 0.5) is 0 Å². The van der Waals surface area contributed by atoms with E-state index < -0.39 is 0 Å². The van der Waals surface area contributed by atoms with E-state index in [0.717, 1.165) is 0 Å². The molecule has 0 aromatic heterocycles. The van der Waals surface area contributed by atoms with Crippen molar-refractivity contribution >= 4 is 23.1 Å². The Bertz CT molecular complexity index is 2180. The van der Waals surface area contributed by atoms with E-state index in [4.69, 9.17) is 0 Å². The maximum atomic E-state index is 2.42. The zero-order valence-electron chi connectivity index (χ0n) is 30.6. The Hall–Kier alpha value is -6.96. The highest BCUT2D eigenvalue weighted by atomic mass is 14.1.